The van der Waals surface area contributed by atoms with Gasteiger partial charge >= 0.3 is 0 Å². The van der Waals surface area contributed by atoms with Crippen LogP contribution in [0.25, 0.3) is 0 Å². The third kappa shape index (κ3) is 1.11. The third-order valence-corrected chi connectivity index (χ3v) is 2.02. The molecule has 10 heavy (non-hydrogen) atoms. The Morgan fingerprint density at radius 3 is 2.60 bits per heavy atom. The van der Waals surface area contributed by atoms with Crippen LogP contribution in [-0.2, 0) is 4.79 Å². The van der Waals surface area contributed by atoms with Crippen molar-refractivity contribution in [3.63, 3.8) is 0 Å². The van der Waals surface area contributed by atoms with Crippen molar-refractivity contribution in [2.24, 2.45) is 5.41 Å². The van der Waals surface area contributed by atoms with E-state index >= 15 is 0 Å². The highest BCUT2D eigenvalue weighted by atomic mass is 16.1. The largest absolute Gasteiger partial charge is 0.309 e. The molecule has 1 radical (unpaired) electrons. The first-order chi connectivity index (χ1) is 4.75. The van der Waals surface area contributed by atoms with Crippen molar-refractivity contribution in [3.8, 4) is 0 Å². The molecule has 1 N–H and O–H groups in total. The van der Waals surface area contributed by atoms with Crippen molar-refractivity contribution in [1.29, 1.82) is 5.41 Å². The van der Waals surface area contributed by atoms with Gasteiger partial charge in [0.05, 0.1) is 5.41 Å². The molecule has 1 rings (SSSR count). The topological polar surface area (TPSA) is 40.9 Å². The molecule has 55 valence electrons. The van der Waals surface area contributed by atoms with Gasteiger partial charge in [-0.15, -0.1) is 0 Å². The Labute approximate surface area is 61.1 Å². The van der Waals surface area contributed by atoms with Gasteiger partial charge in [0.15, 0.2) is 0 Å². The molecule has 0 bridgehead atoms. The summed E-state index contributed by atoms with van der Waals surface area (Å²) in [4.78, 5) is 10.5. The van der Waals surface area contributed by atoms with E-state index in [0.717, 1.165) is 19.1 Å². The molecular weight excluding hydrogens is 126 g/mol. The second kappa shape index (κ2) is 2.52. The van der Waals surface area contributed by atoms with E-state index < -0.39 is 0 Å². The van der Waals surface area contributed by atoms with Crippen LogP contribution in [0.2, 0.25) is 0 Å². The molecule has 1 aliphatic rings. The minimum Gasteiger partial charge on any atom is -0.309 e. The molecule has 2 nitrogen and oxygen atoms in total. The van der Waals surface area contributed by atoms with Crippen LogP contribution in [-0.4, -0.2) is 12.0 Å². The van der Waals surface area contributed by atoms with Gasteiger partial charge in [-0.1, -0.05) is 6.92 Å². The maximum Gasteiger partial charge on any atom is 0.131 e. The molecule has 0 amide bonds. The van der Waals surface area contributed by atoms with Crippen molar-refractivity contribution in [1.82, 2.24) is 0 Å². The Bertz CT molecular complexity index is 159. The summed E-state index contributed by atoms with van der Waals surface area (Å²) in [5.41, 5.74) is 0.261. The van der Waals surface area contributed by atoms with Crippen LogP contribution in [0, 0.1) is 17.2 Å². The number of carbonyl (C=O) groups excluding carboxylic acids is 1. The lowest BCUT2D eigenvalue weighted by Gasteiger charge is -2.06. The number of aldehydes is 1. The molecule has 2 heteroatoms. The zero-order chi connectivity index (χ0) is 7.61. The van der Waals surface area contributed by atoms with E-state index in [-0.39, 0.29) is 5.41 Å². The van der Waals surface area contributed by atoms with Gasteiger partial charge in [-0.2, -0.15) is 0 Å². The van der Waals surface area contributed by atoms with E-state index in [9.17, 15) is 4.79 Å². The summed E-state index contributed by atoms with van der Waals surface area (Å²) in [6, 6.07) is 0. The van der Waals surface area contributed by atoms with Crippen LogP contribution < -0.4 is 0 Å². The van der Waals surface area contributed by atoms with Crippen molar-refractivity contribution in [2.45, 2.75) is 26.2 Å². The van der Waals surface area contributed by atoms with Crippen LogP contribution in [0.1, 0.15) is 26.2 Å². The zero-order valence-corrected chi connectivity index (χ0v) is 6.18. The number of hydrogen-bond acceptors (Lipinski definition) is 2. The van der Waals surface area contributed by atoms with Gasteiger partial charge in [0.1, 0.15) is 6.29 Å². The standard InChI is InChI=1S/C8H12NO/c1-2-3-7(9)8(6-10)4-5-8/h2,6,9H,3-5H2,1H3. The molecule has 0 saturated heterocycles. The van der Waals surface area contributed by atoms with Gasteiger partial charge in [-0.05, 0) is 25.7 Å². The lowest BCUT2D eigenvalue weighted by molar-refractivity contribution is -0.110. The van der Waals surface area contributed by atoms with Gasteiger partial charge in [0, 0.05) is 5.71 Å². The summed E-state index contributed by atoms with van der Waals surface area (Å²) < 4.78 is 0. The van der Waals surface area contributed by atoms with Crippen molar-refractivity contribution >= 4 is 12.0 Å². The Kier molecular flexibility index (Phi) is 1.88. The summed E-state index contributed by atoms with van der Waals surface area (Å²) in [6.45, 7) is 1.91. The Balaban J connectivity index is 2.47. The first-order valence-corrected chi connectivity index (χ1v) is 3.57. The Morgan fingerprint density at radius 1 is 1.70 bits per heavy atom. The van der Waals surface area contributed by atoms with Crippen molar-refractivity contribution in [3.05, 3.63) is 6.42 Å². The van der Waals surface area contributed by atoms with Gasteiger partial charge in [0.25, 0.3) is 0 Å². The van der Waals surface area contributed by atoms with Crippen molar-refractivity contribution in [2.75, 3.05) is 0 Å². The average molecular weight is 138 g/mol. The minimum atomic E-state index is -0.327. The average Bonchev–Trinajstić information content (AvgIpc) is 2.68. The van der Waals surface area contributed by atoms with Crippen LogP contribution >= 0.6 is 0 Å². The summed E-state index contributed by atoms with van der Waals surface area (Å²) in [6.07, 6.45) is 5.30. The molecule has 0 aromatic rings. The molecular formula is C8H12NO. The summed E-state index contributed by atoms with van der Waals surface area (Å²) in [5.74, 6) is 0. The van der Waals surface area contributed by atoms with E-state index in [0.29, 0.717) is 12.1 Å². The molecule has 0 spiro atoms. The van der Waals surface area contributed by atoms with Crippen LogP contribution in [0.4, 0.5) is 0 Å². The Morgan fingerprint density at radius 2 is 2.30 bits per heavy atom. The summed E-state index contributed by atoms with van der Waals surface area (Å²) in [5, 5.41) is 7.49. The second-order valence-electron chi connectivity index (χ2n) is 2.86. The van der Waals surface area contributed by atoms with Gasteiger partial charge < -0.3 is 10.2 Å². The zero-order valence-electron chi connectivity index (χ0n) is 6.18. The highest BCUT2D eigenvalue weighted by molar-refractivity contribution is 6.03. The van der Waals surface area contributed by atoms with Gasteiger partial charge in [0.2, 0.25) is 0 Å². The predicted octanol–water partition coefficient (Wildman–Crippen LogP) is 1.60. The third-order valence-electron chi connectivity index (χ3n) is 2.02. The van der Waals surface area contributed by atoms with E-state index in [2.05, 4.69) is 0 Å². The second-order valence-corrected chi connectivity index (χ2v) is 2.86. The lowest BCUT2D eigenvalue weighted by Crippen LogP contribution is -2.15. The fourth-order valence-electron chi connectivity index (χ4n) is 1.03. The first kappa shape index (κ1) is 7.45. The minimum absolute atomic E-state index is 0.327. The molecule has 0 aliphatic heterocycles. The fourth-order valence-corrected chi connectivity index (χ4v) is 1.03. The fraction of sp³-hybridized carbons (Fsp3) is 0.625. The number of nitrogens with one attached hydrogen (secondary N) is 1. The molecule has 0 heterocycles. The van der Waals surface area contributed by atoms with Crippen LogP contribution in [0.3, 0.4) is 0 Å². The maximum atomic E-state index is 10.5. The normalized spacial score (nSPS) is 20.1. The first-order valence-electron chi connectivity index (χ1n) is 3.57. The van der Waals surface area contributed by atoms with E-state index in [1.807, 2.05) is 13.3 Å². The highest BCUT2D eigenvalue weighted by Gasteiger charge is 2.45. The molecule has 0 unspecified atom stereocenters. The van der Waals surface area contributed by atoms with Gasteiger partial charge in [-0.3, -0.25) is 0 Å². The molecule has 1 fully saturated rings. The number of rotatable bonds is 4. The quantitative estimate of drug-likeness (QED) is 0.465. The van der Waals surface area contributed by atoms with Crippen LogP contribution in [0.5, 0.6) is 0 Å². The maximum absolute atomic E-state index is 10.5. The van der Waals surface area contributed by atoms with Crippen LogP contribution in [0.15, 0.2) is 0 Å². The van der Waals surface area contributed by atoms with E-state index in [4.69, 9.17) is 5.41 Å². The van der Waals surface area contributed by atoms with Crippen molar-refractivity contribution < 1.29 is 4.79 Å². The molecule has 1 aliphatic carbocycles. The summed E-state index contributed by atoms with van der Waals surface area (Å²) >= 11 is 0. The predicted molar refractivity (Wildman–Crippen MR) is 40.0 cm³/mol. The summed E-state index contributed by atoms with van der Waals surface area (Å²) in [7, 11) is 0. The number of hydrogen-bond donors (Lipinski definition) is 1. The molecule has 0 aromatic heterocycles. The Hall–Kier alpha value is -0.660. The number of carbonyl (C=O) groups is 1. The molecule has 0 aromatic carbocycles. The van der Waals surface area contributed by atoms with E-state index in [1.165, 1.54) is 0 Å². The molecule has 0 atom stereocenters. The van der Waals surface area contributed by atoms with Gasteiger partial charge in [-0.25, -0.2) is 0 Å². The lowest BCUT2D eigenvalue weighted by atomic mass is 9.99. The highest BCUT2D eigenvalue weighted by Crippen LogP contribution is 2.45. The molecule has 1 saturated carbocycles. The monoisotopic (exact) mass is 138 g/mol. The SMILES string of the molecule is C[CH]CC(=N)C1(C=O)CC1. The smallest absolute Gasteiger partial charge is 0.131 e. The van der Waals surface area contributed by atoms with E-state index in [1.54, 1.807) is 0 Å².